The van der Waals surface area contributed by atoms with Crippen LogP contribution in [0.15, 0.2) is 47.4 Å². The molecular weight excluding hydrogens is 459 g/mol. The number of anilines is 1. The molecule has 0 atom stereocenters. The topological polar surface area (TPSA) is 81.8 Å². The summed E-state index contributed by atoms with van der Waals surface area (Å²) in [6.07, 6.45) is 0. The number of piperazine rings is 1. The standard InChI is InChI=1S/C18H20Cl2N4O3S.ClH/c1-23-8-10-24(11-9-23)21-18(25)16-12-15(6-7-17(16)20)28(26,27)22-14-4-2-13(19)3-5-14;/h2-7,12,22H,8-11H2,1H3,(H,21,25);1H/p-1. The van der Waals surface area contributed by atoms with Gasteiger partial charge in [-0.2, -0.15) is 0 Å². The number of sulfonamides is 1. The maximum absolute atomic E-state index is 12.7. The van der Waals surface area contributed by atoms with E-state index >= 15 is 0 Å². The Kier molecular flexibility index (Phi) is 8.16. The van der Waals surface area contributed by atoms with Crippen LogP contribution in [0, 0.1) is 0 Å². The van der Waals surface area contributed by atoms with Gasteiger partial charge in [0, 0.05) is 36.9 Å². The Balaban J connectivity index is 0.00000300. The van der Waals surface area contributed by atoms with Crippen molar-refractivity contribution in [1.29, 1.82) is 0 Å². The molecule has 29 heavy (non-hydrogen) atoms. The highest BCUT2D eigenvalue weighted by Gasteiger charge is 2.21. The van der Waals surface area contributed by atoms with E-state index < -0.39 is 15.9 Å². The van der Waals surface area contributed by atoms with E-state index in [0.717, 1.165) is 13.1 Å². The van der Waals surface area contributed by atoms with Crippen molar-refractivity contribution >= 4 is 44.8 Å². The van der Waals surface area contributed by atoms with Crippen LogP contribution in [-0.2, 0) is 10.0 Å². The second kappa shape index (κ2) is 9.97. The molecule has 0 bridgehead atoms. The van der Waals surface area contributed by atoms with Crippen LogP contribution < -0.4 is 22.6 Å². The summed E-state index contributed by atoms with van der Waals surface area (Å²) in [7, 11) is -1.88. The summed E-state index contributed by atoms with van der Waals surface area (Å²) in [6, 6.07) is 10.3. The van der Waals surface area contributed by atoms with Gasteiger partial charge in [0.15, 0.2) is 0 Å². The smallest absolute Gasteiger partial charge is 0.267 e. The minimum Gasteiger partial charge on any atom is -1.00 e. The van der Waals surface area contributed by atoms with E-state index in [9.17, 15) is 13.2 Å². The third kappa shape index (κ3) is 6.21. The van der Waals surface area contributed by atoms with Crippen molar-refractivity contribution in [1.82, 2.24) is 15.3 Å². The number of halogens is 3. The third-order valence-corrected chi connectivity index (χ3v) is 6.31. The Morgan fingerprint density at radius 3 is 2.24 bits per heavy atom. The zero-order chi connectivity index (χ0) is 20.3. The average molecular weight is 479 g/mol. The summed E-state index contributed by atoms with van der Waals surface area (Å²) >= 11 is 12.0. The first-order chi connectivity index (χ1) is 13.2. The van der Waals surface area contributed by atoms with E-state index in [4.69, 9.17) is 23.2 Å². The minimum absolute atomic E-state index is 0. The average Bonchev–Trinajstić information content (AvgIpc) is 2.65. The van der Waals surface area contributed by atoms with Gasteiger partial charge in [0.2, 0.25) is 0 Å². The summed E-state index contributed by atoms with van der Waals surface area (Å²) in [5.41, 5.74) is 3.25. The molecular formula is C18H20Cl3N4O3S-. The molecule has 11 heteroatoms. The molecule has 1 saturated heterocycles. The first-order valence-electron chi connectivity index (χ1n) is 8.57. The van der Waals surface area contributed by atoms with E-state index in [1.807, 2.05) is 7.05 Å². The highest BCUT2D eigenvalue weighted by atomic mass is 35.5. The number of hydrogen-bond donors (Lipinski definition) is 2. The highest BCUT2D eigenvalue weighted by Crippen LogP contribution is 2.23. The predicted octanol–water partition coefficient (Wildman–Crippen LogP) is -0.310. The molecule has 1 amide bonds. The van der Waals surface area contributed by atoms with Gasteiger partial charge in [-0.05, 0) is 49.5 Å². The molecule has 1 aliphatic rings. The van der Waals surface area contributed by atoms with Crippen molar-refractivity contribution in [2.24, 2.45) is 0 Å². The van der Waals surface area contributed by atoms with Gasteiger partial charge in [-0.25, -0.2) is 13.4 Å². The maximum Gasteiger partial charge on any atom is 0.267 e. The Morgan fingerprint density at radius 1 is 1.00 bits per heavy atom. The molecule has 0 aliphatic carbocycles. The molecule has 0 unspecified atom stereocenters. The van der Waals surface area contributed by atoms with Crippen molar-refractivity contribution in [3.05, 3.63) is 58.1 Å². The van der Waals surface area contributed by atoms with Gasteiger partial charge in [-0.1, -0.05) is 23.2 Å². The number of hydrogen-bond acceptors (Lipinski definition) is 5. The number of carbonyl (C=O) groups excluding carboxylic acids is 1. The summed E-state index contributed by atoms with van der Waals surface area (Å²) in [5.74, 6) is -0.446. The first kappa shape index (κ1) is 23.7. The SMILES string of the molecule is CN1CCN(NC(=O)c2cc(S(=O)(=O)Nc3ccc(Cl)cc3)ccc2Cl)CC1.[Cl-]. The van der Waals surface area contributed by atoms with Crippen molar-refractivity contribution < 1.29 is 25.6 Å². The van der Waals surface area contributed by atoms with Gasteiger partial charge in [-0.3, -0.25) is 14.9 Å². The van der Waals surface area contributed by atoms with Gasteiger partial charge >= 0.3 is 0 Å². The van der Waals surface area contributed by atoms with E-state index in [1.54, 1.807) is 29.3 Å². The van der Waals surface area contributed by atoms with Gasteiger partial charge in [0.05, 0.1) is 15.5 Å². The molecule has 2 aromatic rings. The molecule has 2 N–H and O–H groups in total. The number of nitrogens with zero attached hydrogens (tertiary/aromatic N) is 2. The number of amides is 1. The number of rotatable bonds is 5. The summed E-state index contributed by atoms with van der Waals surface area (Å²) in [6.45, 7) is 3.01. The molecule has 7 nitrogen and oxygen atoms in total. The zero-order valence-corrected chi connectivity index (χ0v) is 18.6. The van der Waals surface area contributed by atoms with Crippen LogP contribution in [0.25, 0.3) is 0 Å². The van der Waals surface area contributed by atoms with Gasteiger partial charge < -0.3 is 17.3 Å². The number of benzene rings is 2. The Bertz CT molecular complexity index is 963. The minimum atomic E-state index is -3.89. The van der Waals surface area contributed by atoms with Crippen LogP contribution in [0.1, 0.15) is 10.4 Å². The molecule has 0 saturated carbocycles. The van der Waals surface area contributed by atoms with E-state index in [1.165, 1.54) is 18.2 Å². The van der Waals surface area contributed by atoms with Crippen LogP contribution in [0.2, 0.25) is 10.0 Å². The predicted molar refractivity (Wildman–Crippen MR) is 110 cm³/mol. The lowest BCUT2D eigenvalue weighted by Crippen LogP contribution is -3.00. The molecule has 0 aromatic heterocycles. The Morgan fingerprint density at radius 2 is 1.62 bits per heavy atom. The fourth-order valence-electron chi connectivity index (χ4n) is 2.70. The summed E-state index contributed by atoms with van der Waals surface area (Å²) < 4.78 is 27.8. The second-order valence-corrected chi connectivity index (χ2v) is 9.01. The Labute approximate surface area is 186 Å². The molecule has 0 spiro atoms. The normalized spacial score (nSPS) is 15.4. The lowest BCUT2D eigenvalue weighted by molar-refractivity contribution is -0.0000179. The number of likely N-dealkylation sites (N-methyl/N-ethyl adjacent to an activating group) is 1. The fourth-order valence-corrected chi connectivity index (χ4v) is 4.11. The number of hydrazine groups is 1. The van der Waals surface area contributed by atoms with Crippen LogP contribution in [0.5, 0.6) is 0 Å². The zero-order valence-electron chi connectivity index (χ0n) is 15.5. The molecule has 3 rings (SSSR count). The summed E-state index contributed by atoms with van der Waals surface area (Å²) in [4.78, 5) is 14.7. The molecule has 158 valence electrons. The van der Waals surface area contributed by atoms with Gasteiger partial charge in [0.1, 0.15) is 0 Å². The van der Waals surface area contributed by atoms with E-state index in [2.05, 4.69) is 15.0 Å². The van der Waals surface area contributed by atoms with Gasteiger partial charge in [0.25, 0.3) is 15.9 Å². The van der Waals surface area contributed by atoms with Crippen molar-refractivity contribution in [3.63, 3.8) is 0 Å². The second-order valence-electron chi connectivity index (χ2n) is 6.49. The molecule has 1 aliphatic heterocycles. The fraction of sp³-hybridized carbons (Fsp3) is 0.278. The largest absolute Gasteiger partial charge is 1.00 e. The third-order valence-electron chi connectivity index (χ3n) is 4.35. The number of carbonyl (C=O) groups is 1. The highest BCUT2D eigenvalue weighted by molar-refractivity contribution is 7.92. The quantitative estimate of drug-likeness (QED) is 0.616. The Hall–Kier alpha value is -1.55. The van der Waals surface area contributed by atoms with Crippen LogP contribution in [0.4, 0.5) is 5.69 Å². The first-order valence-corrected chi connectivity index (χ1v) is 10.8. The van der Waals surface area contributed by atoms with Crippen molar-refractivity contribution in [2.75, 3.05) is 37.9 Å². The van der Waals surface area contributed by atoms with Crippen molar-refractivity contribution in [3.8, 4) is 0 Å². The van der Waals surface area contributed by atoms with E-state index in [-0.39, 0.29) is 27.9 Å². The molecule has 1 fully saturated rings. The number of nitrogens with one attached hydrogen (secondary N) is 2. The van der Waals surface area contributed by atoms with E-state index in [0.29, 0.717) is 23.8 Å². The lowest BCUT2D eigenvalue weighted by atomic mass is 10.2. The van der Waals surface area contributed by atoms with Crippen LogP contribution in [0.3, 0.4) is 0 Å². The van der Waals surface area contributed by atoms with Gasteiger partial charge in [-0.15, -0.1) is 0 Å². The molecule has 0 radical (unpaired) electrons. The maximum atomic E-state index is 12.7. The van der Waals surface area contributed by atoms with Crippen LogP contribution in [-0.4, -0.2) is 57.5 Å². The van der Waals surface area contributed by atoms with Crippen molar-refractivity contribution in [2.45, 2.75) is 4.90 Å². The van der Waals surface area contributed by atoms with Crippen LogP contribution >= 0.6 is 23.2 Å². The monoisotopic (exact) mass is 477 g/mol. The summed E-state index contributed by atoms with van der Waals surface area (Å²) in [5, 5.41) is 2.47. The molecule has 2 aromatic carbocycles. The lowest BCUT2D eigenvalue weighted by Gasteiger charge is -2.32. The molecule has 1 heterocycles.